The zero-order chi connectivity index (χ0) is 18.9. The predicted molar refractivity (Wildman–Crippen MR) is 98.2 cm³/mol. The smallest absolute Gasteiger partial charge is 0.227 e. The Kier molecular flexibility index (Phi) is 3.74. The van der Waals surface area contributed by atoms with Crippen LogP contribution in [0.4, 0.5) is 0 Å². The van der Waals surface area contributed by atoms with Crippen LogP contribution in [-0.2, 0) is 19.1 Å². The number of hydrogen-bond donors (Lipinski definition) is 0. The van der Waals surface area contributed by atoms with Crippen LogP contribution in [0.2, 0.25) is 0 Å². The van der Waals surface area contributed by atoms with E-state index >= 15 is 0 Å². The molecule has 0 N–H and O–H groups in total. The molecule has 0 aromatic rings. The summed E-state index contributed by atoms with van der Waals surface area (Å²) in [6.07, 6.45) is 7.62. The van der Waals surface area contributed by atoms with E-state index in [-0.39, 0.29) is 40.0 Å². The molecule has 1 heterocycles. The van der Waals surface area contributed by atoms with Gasteiger partial charge in [0.2, 0.25) is 11.6 Å². The standard InChI is InChI=1S/C22H30O4/c1-20(2)8-6-9-21(3)16(20)7-10-22(4)17(21)11-13-18(24)15(25-5)12-14(23)19(13)26-22/h12,16-17H,6-11H2,1-5H3/t16-,17-,21-,22+/m0/s1. The van der Waals surface area contributed by atoms with Gasteiger partial charge in [0.1, 0.15) is 5.60 Å². The Morgan fingerprint density at radius 2 is 1.81 bits per heavy atom. The van der Waals surface area contributed by atoms with Gasteiger partial charge in [-0.05, 0) is 55.8 Å². The zero-order valence-electron chi connectivity index (χ0n) is 16.6. The van der Waals surface area contributed by atoms with Crippen LogP contribution < -0.4 is 0 Å². The molecule has 3 aliphatic carbocycles. The number of methoxy groups -OCH3 is 1. The summed E-state index contributed by atoms with van der Waals surface area (Å²) in [4.78, 5) is 25.4. The fraction of sp³-hybridized carbons (Fsp3) is 0.727. The zero-order valence-corrected chi connectivity index (χ0v) is 16.6. The SMILES string of the molecule is COC1=CC(=O)C2=C(C[C@H]3[C@@]4(C)CCCC(C)(C)[C@@H]4CC[C@@]3(C)O2)C1=O. The third kappa shape index (κ3) is 2.26. The number of Topliss-reactive ketones (excluding diaryl/α,β-unsaturated/α-hetero) is 1. The molecule has 4 rings (SSSR count). The highest BCUT2D eigenvalue weighted by molar-refractivity contribution is 6.21. The van der Waals surface area contributed by atoms with Crippen LogP contribution in [0.5, 0.6) is 0 Å². The molecule has 0 unspecified atom stereocenters. The maximum Gasteiger partial charge on any atom is 0.227 e. The predicted octanol–water partition coefficient (Wildman–Crippen LogP) is 4.34. The molecular weight excluding hydrogens is 328 g/mol. The number of ether oxygens (including phenoxy) is 2. The van der Waals surface area contributed by atoms with Gasteiger partial charge in [0.15, 0.2) is 11.5 Å². The molecular formula is C22H30O4. The van der Waals surface area contributed by atoms with Gasteiger partial charge in [0.05, 0.1) is 7.11 Å². The van der Waals surface area contributed by atoms with Crippen molar-refractivity contribution in [1.82, 2.24) is 0 Å². The number of ketones is 2. The molecule has 0 aromatic carbocycles. The summed E-state index contributed by atoms with van der Waals surface area (Å²) in [6.45, 7) is 9.34. The Hall–Kier alpha value is -1.58. The average molecular weight is 358 g/mol. The lowest BCUT2D eigenvalue weighted by Gasteiger charge is -2.63. The maximum absolute atomic E-state index is 12.8. The van der Waals surface area contributed by atoms with Crippen molar-refractivity contribution in [2.45, 2.75) is 71.8 Å². The van der Waals surface area contributed by atoms with Crippen LogP contribution in [0.15, 0.2) is 23.2 Å². The minimum atomic E-state index is -0.369. The Morgan fingerprint density at radius 1 is 1.08 bits per heavy atom. The number of allylic oxidation sites excluding steroid dienone is 2. The van der Waals surface area contributed by atoms with Crippen LogP contribution >= 0.6 is 0 Å². The lowest BCUT2D eigenvalue weighted by molar-refractivity contribution is -0.186. The molecule has 4 atom stereocenters. The molecule has 0 saturated heterocycles. The topological polar surface area (TPSA) is 52.6 Å². The summed E-state index contributed by atoms with van der Waals surface area (Å²) in [7, 11) is 1.44. The Balaban J connectivity index is 1.77. The number of carbonyl (C=O) groups is 2. The number of carbonyl (C=O) groups excluding carboxylic acids is 2. The van der Waals surface area contributed by atoms with Gasteiger partial charge in [-0.1, -0.05) is 27.2 Å². The molecule has 0 amide bonds. The van der Waals surface area contributed by atoms with E-state index in [9.17, 15) is 9.59 Å². The summed E-state index contributed by atoms with van der Waals surface area (Å²) in [5, 5.41) is 0. The molecule has 0 aromatic heterocycles. The van der Waals surface area contributed by atoms with Gasteiger partial charge in [0.25, 0.3) is 0 Å². The summed E-state index contributed by atoms with van der Waals surface area (Å²) >= 11 is 0. The van der Waals surface area contributed by atoms with Gasteiger partial charge >= 0.3 is 0 Å². The van der Waals surface area contributed by atoms with Crippen molar-refractivity contribution < 1.29 is 19.1 Å². The highest BCUT2D eigenvalue weighted by Crippen LogP contribution is 2.65. The van der Waals surface area contributed by atoms with Crippen molar-refractivity contribution in [3.8, 4) is 0 Å². The summed E-state index contributed by atoms with van der Waals surface area (Å²) in [6, 6.07) is 0. The van der Waals surface area contributed by atoms with Crippen LogP contribution in [-0.4, -0.2) is 24.3 Å². The number of fused-ring (bicyclic) bond motifs is 3. The van der Waals surface area contributed by atoms with E-state index in [0.717, 1.165) is 12.8 Å². The van der Waals surface area contributed by atoms with E-state index in [0.29, 0.717) is 23.3 Å². The second kappa shape index (κ2) is 5.46. The highest BCUT2D eigenvalue weighted by atomic mass is 16.5. The van der Waals surface area contributed by atoms with Crippen molar-refractivity contribution in [1.29, 1.82) is 0 Å². The molecule has 4 aliphatic rings. The fourth-order valence-corrected chi connectivity index (χ4v) is 6.71. The Bertz CT molecular complexity index is 743. The van der Waals surface area contributed by atoms with E-state index in [2.05, 4.69) is 27.7 Å². The molecule has 1 aliphatic heterocycles. The van der Waals surface area contributed by atoms with Gasteiger partial charge in [0, 0.05) is 17.6 Å². The Morgan fingerprint density at radius 3 is 2.50 bits per heavy atom. The fourth-order valence-electron chi connectivity index (χ4n) is 6.71. The number of hydrogen-bond acceptors (Lipinski definition) is 4. The first-order valence-electron chi connectivity index (χ1n) is 9.89. The van der Waals surface area contributed by atoms with Gasteiger partial charge in [-0.3, -0.25) is 9.59 Å². The van der Waals surface area contributed by atoms with E-state index in [4.69, 9.17) is 9.47 Å². The summed E-state index contributed by atoms with van der Waals surface area (Å²) in [5.74, 6) is 0.880. The normalized spacial score (nSPS) is 41.5. The first-order chi connectivity index (χ1) is 12.1. The number of rotatable bonds is 1. The third-order valence-corrected chi connectivity index (χ3v) is 7.96. The van der Waals surface area contributed by atoms with Crippen molar-refractivity contribution in [3.05, 3.63) is 23.2 Å². The first kappa shape index (κ1) is 17.8. The highest BCUT2D eigenvalue weighted by Gasteiger charge is 2.61. The molecule has 26 heavy (non-hydrogen) atoms. The third-order valence-electron chi connectivity index (χ3n) is 7.96. The van der Waals surface area contributed by atoms with E-state index in [1.807, 2.05) is 0 Å². The van der Waals surface area contributed by atoms with E-state index < -0.39 is 0 Å². The molecule has 4 heteroatoms. The summed E-state index contributed by atoms with van der Waals surface area (Å²) in [5.41, 5.74) is 0.603. The molecule has 142 valence electrons. The monoisotopic (exact) mass is 358 g/mol. The van der Waals surface area contributed by atoms with Crippen molar-refractivity contribution in [3.63, 3.8) is 0 Å². The first-order valence-corrected chi connectivity index (χ1v) is 9.89. The molecule has 2 saturated carbocycles. The van der Waals surface area contributed by atoms with Gasteiger partial charge in [-0.25, -0.2) is 0 Å². The molecule has 0 radical (unpaired) electrons. The lowest BCUT2D eigenvalue weighted by atomic mass is 9.44. The summed E-state index contributed by atoms with van der Waals surface area (Å²) < 4.78 is 11.5. The Labute approximate surface area is 156 Å². The van der Waals surface area contributed by atoms with Crippen LogP contribution in [0.1, 0.15) is 66.2 Å². The second-order valence-electron chi connectivity index (χ2n) is 9.82. The van der Waals surface area contributed by atoms with Gasteiger partial charge in [-0.2, -0.15) is 0 Å². The molecule has 0 spiro atoms. The van der Waals surface area contributed by atoms with Gasteiger partial charge in [-0.15, -0.1) is 0 Å². The average Bonchev–Trinajstić information content (AvgIpc) is 2.56. The molecule has 4 nitrogen and oxygen atoms in total. The minimum absolute atomic E-state index is 0.130. The van der Waals surface area contributed by atoms with Crippen LogP contribution in [0, 0.1) is 22.7 Å². The van der Waals surface area contributed by atoms with Crippen molar-refractivity contribution >= 4 is 11.6 Å². The second-order valence-corrected chi connectivity index (χ2v) is 9.82. The van der Waals surface area contributed by atoms with Crippen LogP contribution in [0.3, 0.4) is 0 Å². The van der Waals surface area contributed by atoms with Crippen molar-refractivity contribution in [2.75, 3.05) is 7.11 Å². The molecule has 2 fully saturated rings. The van der Waals surface area contributed by atoms with Crippen LogP contribution in [0.25, 0.3) is 0 Å². The van der Waals surface area contributed by atoms with E-state index in [1.165, 1.54) is 32.4 Å². The van der Waals surface area contributed by atoms with Crippen molar-refractivity contribution in [2.24, 2.45) is 22.7 Å². The molecule has 0 bridgehead atoms. The largest absolute Gasteiger partial charge is 0.493 e. The maximum atomic E-state index is 12.8. The minimum Gasteiger partial charge on any atom is -0.493 e. The van der Waals surface area contributed by atoms with Gasteiger partial charge < -0.3 is 9.47 Å². The lowest BCUT2D eigenvalue weighted by Crippen LogP contribution is -2.60. The van der Waals surface area contributed by atoms with E-state index in [1.54, 1.807) is 0 Å². The quantitative estimate of drug-likeness (QED) is 0.654.